The second-order valence-electron chi connectivity index (χ2n) is 15.9. The number of phenols is 1. The van der Waals surface area contributed by atoms with Crippen LogP contribution in [0.25, 0.3) is 0 Å². The van der Waals surface area contributed by atoms with Crippen molar-refractivity contribution in [1.82, 2.24) is 9.97 Å². The highest BCUT2D eigenvalue weighted by molar-refractivity contribution is 6.30. The van der Waals surface area contributed by atoms with Gasteiger partial charge in [0, 0.05) is 65.0 Å². The third kappa shape index (κ3) is 9.89. The molecule has 2 aromatic heterocycles. The number of anilines is 2. The Balaban J connectivity index is 0.000000185. The number of esters is 1. The van der Waals surface area contributed by atoms with Gasteiger partial charge in [-0.15, -0.1) is 11.6 Å². The minimum atomic E-state index is -0.488. The molecule has 2 aliphatic heterocycles. The molecule has 0 spiro atoms. The molecule has 2 atom stereocenters. The molecule has 66 heavy (non-hydrogen) atoms. The van der Waals surface area contributed by atoms with Crippen LogP contribution in [0.5, 0.6) is 23.0 Å². The van der Waals surface area contributed by atoms with Crippen LogP contribution in [-0.4, -0.2) is 58.7 Å². The lowest BCUT2D eigenvalue weighted by molar-refractivity contribution is -0.119. The number of ketones is 1. The summed E-state index contributed by atoms with van der Waals surface area (Å²) in [4.78, 5) is 59.6. The number of ether oxygens (including phenoxy) is 3. The molecule has 338 valence electrons. The van der Waals surface area contributed by atoms with Crippen molar-refractivity contribution >= 4 is 46.5 Å². The standard InChI is InChI=1S/C26H24N2O4.C20H21NO3.C7H6ClNO/c1-15-8-9-19(12-22(15)32-26(30)20-7-6-10-27-14-20)24-18(4)25(29)28(24)21-11-16(2)17(3)23(13-21)31-5;1-11-6-7-15(9-17(11)22)19-14(4)20(23)21(19)16-8-12(2)13(3)18(10-16)24-5;8-4-7(10)6-2-1-3-9-5-6/h6-14,24H,4H2,1-3,5H3;6-10,19,22H,4H2,1-3,5H3;1-3,5H,4H2/t24-;19-;/m11./s1. The van der Waals surface area contributed by atoms with E-state index in [9.17, 15) is 24.3 Å². The van der Waals surface area contributed by atoms with Gasteiger partial charge in [-0.05, 0) is 135 Å². The molecule has 2 fully saturated rings. The maximum Gasteiger partial charge on any atom is 0.345 e. The summed E-state index contributed by atoms with van der Waals surface area (Å²) in [5, 5.41) is 9.99. The molecular weight excluding hydrogens is 856 g/mol. The number of aryl methyl sites for hydroxylation is 4. The van der Waals surface area contributed by atoms with Crippen LogP contribution in [-0.2, 0) is 9.59 Å². The highest BCUT2D eigenvalue weighted by Crippen LogP contribution is 2.46. The van der Waals surface area contributed by atoms with Crippen molar-refractivity contribution in [3.05, 3.63) is 190 Å². The van der Waals surface area contributed by atoms with Crippen molar-refractivity contribution < 1.29 is 38.5 Å². The Hall–Kier alpha value is -7.57. The SMILES string of the molecule is C=C1C(=O)N(c2cc(C)c(C)c(OC)c2)[C@H]1c1ccc(C)c(O)c1.C=C1C(=O)N(c2cc(C)c(C)c(OC)c2)[C@H]1c1ccc(C)c(OC(=O)c2cccnc2)c1.O=C(CCl)c1cccnc1. The zero-order valence-corrected chi connectivity index (χ0v) is 38.9. The second-order valence-corrected chi connectivity index (χ2v) is 16.2. The molecule has 0 aliphatic carbocycles. The number of carbonyl (C=O) groups excluding carboxylic acids is 4. The average Bonchev–Trinajstić information content (AvgIpc) is 3.33. The monoisotopic (exact) mass is 906 g/mol. The smallest absolute Gasteiger partial charge is 0.345 e. The first-order chi connectivity index (χ1) is 31.5. The Kier molecular flexibility index (Phi) is 14.9. The highest BCUT2D eigenvalue weighted by Gasteiger charge is 2.44. The Morgan fingerprint density at radius 1 is 0.636 bits per heavy atom. The lowest BCUT2D eigenvalue weighted by Crippen LogP contribution is -2.48. The van der Waals surface area contributed by atoms with Crippen LogP contribution >= 0.6 is 11.6 Å². The highest BCUT2D eigenvalue weighted by atomic mass is 35.5. The molecule has 4 heterocycles. The lowest BCUT2D eigenvalue weighted by Gasteiger charge is -2.43. The minimum Gasteiger partial charge on any atom is -0.508 e. The van der Waals surface area contributed by atoms with E-state index in [1.807, 2.05) is 90.1 Å². The number of phenolic OH excluding ortho intramolecular Hbond substituents is 1. The third-order valence-electron chi connectivity index (χ3n) is 11.7. The molecule has 0 saturated carbocycles. The first-order valence-electron chi connectivity index (χ1n) is 20.9. The first kappa shape index (κ1) is 47.9. The van der Waals surface area contributed by atoms with E-state index in [0.29, 0.717) is 28.0 Å². The number of carbonyl (C=O) groups is 4. The van der Waals surface area contributed by atoms with Crippen LogP contribution in [0.1, 0.15) is 77.3 Å². The summed E-state index contributed by atoms with van der Waals surface area (Å²) < 4.78 is 16.5. The van der Waals surface area contributed by atoms with Gasteiger partial charge in [-0.25, -0.2) is 4.79 Å². The number of nitrogens with zero attached hydrogens (tertiary/aromatic N) is 4. The Morgan fingerprint density at radius 3 is 1.55 bits per heavy atom. The van der Waals surface area contributed by atoms with E-state index in [1.165, 1.54) is 12.4 Å². The number of amides is 2. The van der Waals surface area contributed by atoms with Crippen LogP contribution in [0.2, 0.25) is 0 Å². The van der Waals surface area contributed by atoms with Gasteiger partial charge in [-0.1, -0.05) is 37.4 Å². The van der Waals surface area contributed by atoms with Crippen molar-refractivity contribution in [3.8, 4) is 23.0 Å². The number of benzene rings is 4. The molecule has 4 aromatic carbocycles. The van der Waals surface area contributed by atoms with Crippen LogP contribution in [0.4, 0.5) is 11.4 Å². The summed E-state index contributed by atoms with van der Waals surface area (Å²) in [7, 11) is 3.24. The number of β-lactam (4-membered cyclic amide) rings is 2. The predicted octanol–water partition coefficient (Wildman–Crippen LogP) is 10.4. The van der Waals surface area contributed by atoms with E-state index >= 15 is 0 Å². The van der Waals surface area contributed by atoms with Gasteiger partial charge in [-0.3, -0.25) is 34.2 Å². The fourth-order valence-electron chi connectivity index (χ4n) is 7.45. The van der Waals surface area contributed by atoms with Crippen LogP contribution in [0.15, 0.2) is 134 Å². The van der Waals surface area contributed by atoms with Gasteiger partial charge in [0.05, 0.1) is 37.7 Å². The van der Waals surface area contributed by atoms with E-state index in [2.05, 4.69) is 23.1 Å². The van der Waals surface area contributed by atoms with Gasteiger partial charge < -0.3 is 19.3 Å². The quantitative estimate of drug-likeness (QED) is 0.0352. The molecule has 8 rings (SSSR count). The van der Waals surface area contributed by atoms with Crippen LogP contribution < -0.4 is 24.0 Å². The van der Waals surface area contributed by atoms with Gasteiger partial charge in [0.25, 0.3) is 11.8 Å². The van der Waals surface area contributed by atoms with Crippen molar-refractivity contribution in [3.63, 3.8) is 0 Å². The molecule has 12 nitrogen and oxygen atoms in total. The number of methoxy groups -OCH3 is 2. The molecule has 1 N–H and O–H groups in total. The largest absolute Gasteiger partial charge is 0.508 e. The summed E-state index contributed by atoms with van der Waals surface area (Å²) >= 11 is 5.31. The molecule has 13 heteroatoms. The summed E-state index contributed by atoms with van der Waals surface area (Å²) in [6.07, 6.45) is 6.18. The van der Waals surface area contributed by atoms with Gasteiger partial charge in [0.15, 0.2) is 5.78 Å². The lowest BCUT2D eigenvalue weighted by atomic mass is 9.87. The Labute approximate surface area is 389 Å². The predicted molar refractivity (Wildman–Crippen MR) is 256 cm³/mol. The fourth-order valence-corrected chi connectivity index (χ4v) is 7.60. The average molecular weight is 907 g/mol. The van der Waals surface area contributed by atoms with Gasteiger partial charge in [0.1, 0.15) is 23.0 Å². The molecule has 2 saturated heterocycles. The number of hydrogen-bond acceptors (Lipinski definition) is 10. The van der Waals surface area contributed by atoms with Gasteiger partial charge in [-0.2, -0.15) is 0 Å². The third-order valence-corrected chi connectivity index (χ3v) is 11.9. The van der Waals surface area contributed by atoms with Crippen molar-refractivity contribution in [2.24, 2.45) is 0 Å². The molecular formula is C53H51ClN4O8. The van der Waals surface area contributed by atoms with Crippen LogP contribution in [0.3, 0.4) is 0 Å². The number of alkyl halides is 1. The number of halogens is 1. The van der Waals surface area contributed by atoms with Crippen molar-refractivity contribution in [2.75, 3.05) is 29.9 Å². The second kappa shape index (κ2) is 20.5. The molecule has 0 unspecified atom stereocenters. The number of pyridine rings is 2. The van der Waals surface area contributed by atoms with E-state index in [1.54, 1.807) is 72.8 Å². The van der Waals surface area contributed by atoms with E-state index in [4.69, 9.17) is 25.8 Å². The van der Waals surface area contributed by atoms with Crippen LogP contribution in [0, 0.1) is 41.5 Å². The van der Waals surface area contributed by atoms with Crippen molar-refractivity contribution in [2.45, 2.75) is 53.6 Å². The summed E-state index contributed by atoms with van der Waals surface area (Å²) in [6.45, 7) is 19.5. The molecule has 0 radical (unpaired) electrons. The van der Waals surface area contributed by atoms with Crippen molar-refractivity contribution in [1.29, 1.82) is 0 Å². The number of Topliss-reactive ketones (excluding diaryl/α,β-unsaturated/α-hetero) is 1. The molecule has 6 aromatic rings. The molecule has 0 bridgehead atoms. The topological polar surface area (TPSA) is 148 Å². The number of rotatable bonds is 10. The normalized spacial score (nSPS) is 15.0. The summed E-state index contributed by atoms with van der Waals surface area (Å²) in [5.74, 6) is 1.32. The molecule has 2 amide bonds. The van der Waals surface area contributed by atoms with E-state index in [0.717, 1.165) is 67.4 Å². The van der Waals surface area contributed by atoms with Gasteiger partial charge in [0.2, 0.25) is 0 Å². The maximum absolute atomic E-state index is 12.7. The Bertz CT molecular complexity index is 2860. The fraction of sp³-hybridized carbons (Fsp3) is 0.208. The number of aromatic nitrogens is 2. The molecule has 2 aliphatic rings. The maximum atomic E-state index is 12.7. The first-order valence-corrected chi connectivity index (χ1v) is 21.4. The van der Waals surface area contributed by atoms with E-state index < -0.39 is 5.97 Å². The van der Waals surface area contributed by atoms with E-state index in [-0.39, 0.29) is 41.3 Å². The number of hydrogen-bond donors (Lipinski definition) is 1. The summed E-state index contributed by atoms with van der Waals surface area (Å²) in [5.41, 5.74) is 10.9. The Morgan fingerprint density at radius 2 is 1.11 bits per heavy atom. The zero-order chi connectivity index (χ0) is 48.0. The summed E-state index contributed by atoms with van der Waals surface area (Å²) in [6, 6.07) is 24.8. The number of aromatic hydroxyl groups is 1. The zero-order valence-electron chi connectivity index (χ0n) is 38.1. The minimum absolute atomic E-state index is 0.0195. The van der Waals surface area contributed by atoms with Gasteiger partial charge >= 0.3 is 5.97 Å².